The summed E-state index contributed by atoms with van der Waals surface area (Å²) in [5, 5.41) is 5.06. The van der Waals surface area contributed by atoms with Gasteiger partial charge in [-0.1, -0.05) is 6.92 Å². The van der Waals surface area contributed by atoms with E-state index >= 15 is 0 Å². The van der Waals surface area contributed by atoms with Crippen LogP contribution in [0.25, 0.3) is 0 Å². The van der Waals surface area contributed by atoms with Crippen molar-refractivity contribution in [3.63, 3.8) is 0 Å². The molecule has 1 aliphatic heterocycles. The van der Waals surface area contributed by atoms with E-state index in [1.165, 1.54) is 11.0 Å². The van der Waals surface area contributed by atoms with Gasteiger partial charge in [0.25, 0.3) is 5.91 Å². The normalized spacial score (nSPS) is 16.5. The number of ether oxygens (including phenoxy) is 1. The Morgan fingerprint density at radius 3 is 2.73 bits per heavy atom. The van der Waals surface area contributed by atoms with E-state index in [-0.39, 0.29) is 37.7 Å². The summed E-state index contributed by atoms with van der Waals surface area (Å²) in [7, 11) is 0. The number of nitrogens with zero attached hydrogens (tertiary/aromatic N) is 1. The summed E-state index contributed by atoms with van der Waals surface area (Å²) in [6.07, 6.45) is -4.70. The molecular formula is C16H21F3N4O3. The standard InChI is InChI=1S/C16H21F3N4O3/c1-2-21-13(8-20)15(25)22-12-4-3-10(7-11(12)16(17,18)19)23-5-6-26-9-14(23)24/h3-4,7,13,21H,2,5-6,8-9,20H2,1H3,(H,22,25)/t13-/m1/s1. The average Bonchev–Trinajstić information content (AvgIpc) is 2.59. The van der Waals surface area contributed by atoms with Crippen LogP contribution in [0.4, 0.5) is 24.5 Å². The van der Waals surface area contributed by atoms with Crippen molar-refractivity contribution in [1.82, 2.24) is 5.32 Å². The van der Waals surface area contributed by atoms with Gasteiger partial charge in [-0.25, -0.2) is 0 Å². The summed E-state index contributed by atoms with van der Waals surface area (Å²) in [5.74, 6) is -1.08. The highest BCUT2D eigenvalue weighted by molar-refractivity contribution is 5.97. The van der Waals surface area contributed by atoms with Crippen LogP contribution in [0.1, 0.15) is 12.5 Å². The van der Waals surface area contributed by atoms with Crippen LogP contribution in [0.2, 0.25) is 0 Å². The highest BCUT2D eigenvalue weighted by Crippen LogP contribution is 2.37. The number of anilines is 2. The summed E-state index contributed by atoms with van der Waals surface area (Å²) < 4.78 is 45.3. The Bertz CT molecular complexity index is 667. The molecule has 0 saturated carbocycles. The summed E-state index contributed by atoms with van der Waals surface area (Å²) in [6.45, 7) is 2.37. The maximum Gasteiger partial charge on any atom is 0.418 e. The molecule has 10 heteroatoms. The molecule has 0 unspecified atom stereocenters. The molecule has 1 atom stereocenters. The molecule has 26 heavy (non-hydrogen) atoms. The number of hydrogen-bond acceptors (Lipinski definition) is 5. The van der Waals surface area contributed by atoms with Gasteiger partial charge in [0.2, 0.25) is 5.91 Å². The van der Waals surface area contributed by atoms with E-state index in [0.717, 1.165) is 12.1 Å². The lowest BCUT2D eigenvalue weighted by Crippen LogP contribution is -2.45. The summed E-state index contributed by atoms with van der Waals surface area (Å²) in [5.41, 5.74) is 4.16. The minimum Gasteiger partial charge on any atom is -0.370 e. The number of benzene rings is 1. The van der Waals surface area contributed by atoms with E-state index in [2.05, 4.69) is 10.6 Å². The molecule has 1 heterocycles. The second kappa shape index (κ2) is 8.47. The molecule has 1 saturated heterocycles. The third-order valence-electron chi connectivity index (χ3n) is 3.87. The molecule has 1 aromatic carbocycles. The number of rotatable bonds is 6. The number of nitrogens with two attached hydrogens (primary N) is 1. The van der Waals surface area contributed by atoms with Crippen LogP contribution in [0.5, 0.6) is 0 Å². The topological polar surface area (TPSA) is 96.7 Å². The number of carbonyl (C=O) groups is 2. The molecule has 4 N–H and O–H groups in total. The first-order chi connectivity index (χ1) is 12.3. The molecule has 2 amide bonds. The van der Waals surface area contributed by atoms with Gasteiger partial charge in [-0.15, -0.1) is 0 Å². The Morgan fingerprint density at radius 2 is 2.15 bits per heavy atom. The van der Waals surface area contributed by atoms with Crippen LogP contribution in [-0.2, 0) is 20.5 Å². The summed E-state index contributed by atoms with van der Waals surface area (Å²) in [6, 6.07) is 2.54. The Balaban J connectivity index is 2.32. The third-order valence-corrected chi connectivity index (χ3v) is 3.87. The van der Waals surface area contributed by atoms with Crippen LogP contribution in [-0.4, -0.2) is 50.7 Å². The van der Waals surface area contributed by atoms with Gasteiger partial charge in [0.1, 0.15) is 6.61 Å². The zero-order valence-electron chi connectivity index (χ0n) is 14.2. The average molecular weight is 374 g/mol. The van der Waals surface area contributed by atoms with Crippen molar-refractivity contribution in [3.05, 3.63) is 23.8 Å². The molecule has 1 aromatic rings. The van der Waals surface area contributed by atoms with Crippen LogP contribution in [0.3, 0.4) is 0 Å². The summed E-state index contributed by atoms with van der Waals surface area (Å²) in [4.78, 5) is 25.2. The maximum atomic E-state index is 13.5. The molecule has 0 aliphatic carbocycles. The molecule has 0 bridgehead atoms. The van der Waals surface area contributed by atoms with Crippen LogP contribution in [0.15, 0.2) is 18.2 Å². The molecule has 1 fully saturated rings. The van der Waals surface area contributed by atoms with Crippen molar-refractivity contribution in [2.24, 2.45) is 5.73 Å². The van der Waals surface area contributed by atoms with Gasteiger partial charge < -0.3 is 26.0 Å². The molecule has 0 aromatic heterocycles. The van der Waals surface area contributed by atoms with Crippen molar-refractivity contribution < 1.29 is 27.5 Å². The highest BCUT2D eigenvalue weighted by atomic mass is 19.4. The van der Waals surface area contributed by atoms with Crippen LogP contribution >= 0.6 is 0 Å². The molecule has 0 spiro atoms. The van der Waals surface area contributed by atoms with E-state index in [1.54, 1.807) is 6.92 Å². The molecule has 1 aliphatic rings. The van der Waals surface area contributed by atoms with Crippen molar-refractivity contribution in [3.8, 4) is 0 Å². The van der Waals surface area contributed by atoms with E-state index in [4.69, 9.17) is 10.5 Å². The lowest BCUT2D eigenvalue weighted by Gasteiger charge is -2.28. The number of likely N-dealkylation sites (N-methyl/N-ethyl adjacent to an activating group) is 1. The number of hydrogen-bond donors (Lipinski definition) is 3. The lowest BCUT2D eigenvalue weighted by molar-refractivity contribution is -0.137. The first-order valence-corrected chi connectivity index (χ1v) is 8.11. The number of halogens is 3. The maximum absolute atomic E-state index is 13.5. The smallest absolute Gasteiger partial charge is 0.370 e. The van der Waals surface area contributed by atoms with Gasteiger partial charge in [0, 0.05) is 18.8 Å². The minimum atomic E-state index is -4.70. The van der Waals surface area contributed by atoms with Crippen LogP contribution in [0, 0.1) is 0 Å². The van der Waals surface area contributed by atoms with Gasteiger partial charge >= 0.3 is 6.18 Å². The quantitative estimate of drug-likeness (QED) is 0.689. The zero-order valence-corrected chi connectivity index (χ0v) is 14.2. The number of amides is 2. The molecule has 0 radical (unpaired) electrons. The molecule has 2 rings (SSSR count). The van der Waals surface area contributed by atoms with E-state index in [1.807, 2.05) is 0 Å². The predicted octanol–water partition coefficient (Wildman–Crippen LogP) is 0.944. The minimum absolute atomic E-state index is 0.0542. The number of carbonyl (C=O) groups excluding carboxylic acids is 2. The fraction of sp³-hybridized carbons (Fsp3) is 0.500. The zero-order chi connectivity index (χ0) is 19.3. The van der Waals surface area contributed by atoms with Crippen molar-refractivity contribution in [1.29, 1.82) is 0 Å². The van der Waals surface area contributed by atoms with E-state index in [0.29, 0.717) is 6.54 Å². The largest absolute Gasteiger partial charge is 0.418 e. The molecule has 144 valence electrons. The second-order valence-electron chi connectivity index (χ2n) is 5.66. The predicted molar refractivity (Wildman–Crippen MR) is 89.8 cm³/mol. The van der Waals surface area contributed by atoms with Gasteiger partial charge in [-0.3, -0.25) is 9.59 Å². The molecular weight excluding hydrogens is 353 g/mol. The fourth-order valence-corrected chi connectivity index (χ4v) is 2.58. The second-order valence-corrected chi connectivity index (χ2v) is 5.66. The van der Waals surface area contributed by atoms with Crippen LogP contribution < -0.4 is 21.3 Å². The Labute approximate surface area is 148 Å². The van der Waals surface area contributed by atoms with Crippen molar-refractivity contribution in [2.45, 2.75) is 19.1 Å². The lowest BCUT2D eigenvalue weighted by atomic mass is 10.1. The number of morpholine rings is 1. The number of nitrogens with one attached hydrogen (secondary N) is 2. The van der Waals surface area contributed by atoms with Gasteiger partial charge in [0.05, 0.1) is 23.9 Å². The molecule has 7 nitrogen and oxygen atoms in total. The SMILES string of the molecule is CCN[C@H](CN)C(=O)Nc1ccc(N2CCOCC2=O)cc1C(F)(F)F. The van der Waals surface area contributed by atoms with Gasteiger partial charge in [-0.05, 0) is 24.7 Å². The number of alkyl halides is 3. The summed E-state index contributed by atoms with van der Waals surface area (Å²) >= 11 is 0. The van der Waals surface area contributed by atoms with E-state index in [9.17, 15) is 22.8 Å². The van der Waals surface area contributed by atoms with E-state index < -0.39 is 29.6 Å². The third kappa shape index (κ3) is 4.71. The first-order valence-electron chi connectivity index (χ1n) is 8.11. The van der Waals surface area contributed by atoms with Crippen molar-refractivity contribution in [2.75, 3.05) is 43.1 Å². The highest BCUT2D eigenvalue weighted by Gasteiger charge is 2.35. The first kappa shape index (κ1) is 20.1. The Morgan fingerprint density at radius 1 is 1.42 bits per heavy atom. The van der Waals surface area contributed by atoms with Gasteiger partial charge in [0.15, 0.2) is 0 Å². The van der Waals surface area contributed by atoms with Gasteiger partial charge in [-0.2, -0.15) is 13.2 Å². The fourth-order valence-electron chi connectivity index (χ4n) is 2.58. The monoisotopic (exact) mass is 374 g/mol. The Hall–Kier alpha value is -2.17. The van der Waals surface area contributed by atoms with Crippen molar-refractivity contribution >= 4 is 23.2 Å². The Kier molecular flexibility index (Phi) is 6.57.